The van der Waals surface area contributed by atoms with E-state index in [4.69, 9.17) is 0 Å². The molecule has 1 aromatic rings. The van der Waals surface area contributed by atoms with Crippen LogP contribution in [0, 0.1) is 5.92 Å². The van der Waals surface area contributed by atoms with Crippen molar-refractivity contribution in [2.24, 2.45) is 5.92 Å². The van der Waals surface area contributed by atoms with Crippen LogP contribution in [0.4, 0.5) is 0 Å². The van der Waals surface area contributed by atoms with Gasteiger partial charge >= 0.3 is 0 Å². The van der Waals surface area contributed by atoms with Gasteiger partial charge in [0.1, 0.15) is 0 Å². The minimum absolute atomic E-state index is 0.0469. The zero-order chi connectivity index (χ0) is 18.3. The number of rotatable bonds is 8. The van der Waals surface area contributed by atoms with Gasteiger partial charge < -0.3 is 5.32 Å². The molecule has 0 atom stereocenters. The van der Waals surface area contributed by atoms with Crippen molar-refractivity contribution < 1.29 is 13.2 Å². The van der Waals surface area contributed by atoms with Gasteiger partial charge in [-0.1, -0.05) is 32.4 Å². The van der Waals surface area contributed by atoms with Gasteiger partial charge in [-0.25, -0.2) is 8.42 Å². The Hall–Kier alpha value is -1.40. The van der Waals surface area contributed by atoms with E-state index in [-0.39, 0.29) is 5.91 Å². The van der Waals surface area contributed by atoms with Crippen LogP contribution in [0.3, 0.4) is 0 Å². The van der Waals surface area contributed by atoms with E-state index in [2.05, 4.69) is 19.2 Å². The maximum atomic E-state index is 12.6. The lowest BCUT2D eigenvalue weighted by molar-refractivity contribution is -0.121. The third-order valence-electron chi connectivity index (χ3n) is 4.56. The fourth-order valence-electron chi connectivity index (χ4n) is 2.93. The molecule has 1 aromatic carbocycles. The second-order valence-corrected chi connectivity index (χ2v) is 9.08. The van der Waals surface area contributed by atoms with E-state index in [1.54, 1.807) is 16.4 Å². The standard InChI is InChI=1S/C19H30N2O3S/c1-16(2)12-13-20-19(22)11-8-17-6-9-18(10-7-17)25(23,24)21-14-4-3-5-15-21/h6-7,9-10,16H,3-5,8,11-15H2,1-2H3,(H,20,22). The zero-order valence-corrected chi connectivity index (χ0v) is 16.1. The van der Waals surface area contributed by atoms with Gasteiger partial charge in [0.05, 0.1) is 4.90 Å². The Labute approximate surface area is 151 Å². The molecule has 0 unspecified atom stereocenters. The highest BCUT2D eigenvalue weighted by Crippen LogP contribution is 2.21. The summed E-state index contributed by atoms with van der Waals surface area (Å²) >= 11 is 0. The molecule has 0 radical (unpaired) electrons. The number of sulfonamides is 1. The number of nitrogens with zero attached hydrogens (tertiary/aromatic N) is 1. The molecule has 0 spiro atoms. The van der Waals surface area contributed by atoms with Crippen LogP contribution in [0.5, 0.6) is 0 Å². The van der Waals surface area contributed by atoms with Gasteiger partial charge in [-0.15, -0.1) is 0 Å². The smallest absolute Gasteiger partial charge is 0.243 e. The van der Waals surface area contributed by atoms with Crippen molar-refractivity contribution in [3.05, 3.63) is 29.8 Å². The van der Waals surface area contributed by atoms with Gasteiger partial charge in [0.25, 0.3) is 0 Å². The Morgan fingerprint density at radius 1 is 1.12 bits per heavy atom. The summed E-state index contributed by atoms with van der Waals surface area (Å²) in [4.78, 5) is 12.2. The summed E-state index contributed by atoms with van der Waals surface area (Å²) in [5.41, 5.74) is 0.983. The summed E-state index contributed by atoms with van der Waals surface area (Å²) in [5, 5.41) is 2.92. The maximum Gasteiger partial charge on any atom is 0.243 e. The molecule has 0 bridgehead atoms. The van der Waals surface area contributed by atoms with E-state index in [1.807, 2.05) is 12.1 Å². The first-order valence-corrected chi connectivity index (χ1v) is 10.7. The highest BCUT2D eigenvalue weighted by atomic mass is 32.2. The van der Waals surface area contributed by atoms with Crippen molar-refractivity contribution in [1.82, 2.24) is 9.62 Å². The number of benzene rings is 1. The quantitative estimate of drug-likeness (QED) is 0.769. The van der Waals surface area contributed by atoms with Crippen LogP contribution in [0.15, 0.2) is 29.2 Å². The average molecular weight is 367 g/mol. The van der Waals surface area contributed by atoms with Gasteiger partial charge in [-0.3, -0.25) is 4.79 Å². The molecular weight excluding hydrogens is 336 g/mol. The summed E-state index contributed by atoms with van der Waals surface area (Å²) in [6.07, 6.45) is 5.00. The third kappa shape index (κ3) is 6.12. The topological polar surface area (TPSA) is 66.5 Å². The number of aryl methyl sites for hydroxylation is 1. The molecule has 1 aliphatic rings. The van der Waals surface area contributed by atoms with E-state index in [0.29, 0.717) is 43.3 Å². The number of nitrogens with one attached hydrogen (secondary N) is 1. The van der Waals surface area contributed by atoms with Gasteiger partial charge in [0, 0.05) is 26.1 Å². The number of hydrogen-bond acceptors (Lipinski definition) is 3. The minimum Gasteiger partial charge on any atom is -0.356 e. The summed E-state index contributed by atoms with van der Waals surface area (Å²) in [6, 6.07) is 6.96. The summed E-state index contributed by atoms with van der Waals surface area (Å²) in [6.45, 7) is 6.20. The second-order valence-electron chi connectivity index (χ2n) is 7.14. The Kier molecular flexibility index (Phi) is 7.44. The Morgan fingerprint density at radius 3 is 2.36 bits per heavy atom. The van der Waals surface area contributed by atoms with Crippen LogP contribution in [0.25, 0.3) is 0 Å². The highest BCUT2D eigenvalue weighted by molar-refractivity contribution is 7.89. The molecule has 6 heteroatoms. The molecule has 1 amide bonds. The van der Waals surface area contributed by atoms with E-state index < -0.39 is 10.0 Å². The molecule has 0 aliphatic carbocycles. The van der Waals surface area contributed by atoms with Gasteiger partial charge in [-0.05, 0) is 49.3 Å². The number of carbonyl (C=O) groups excluding carboxylic acids is 1. The fraction of sp³-hybridized carbons (Fsp3) is 0.632. The van der Waals surface area contributed by atoms with Crippen molar-refractivity contribution in [3.8, 4) is 0 Å². The number of amides is 1. The van der Waals surface area contributed by atoms with Crippen molar-refractivity contribution in [1.29, 1.82) is 0 Å². The Bertz CT molecular complexity index is 648. The molecular formula is C19H30N2O3S. The maximum absolute atomic E-state index is 12.6. The molecule has 0 saturated carbocycles. The van der Waals surface area contributed by atoms with Gasteiger partial charge in [-0.2, -0.15) is 4.31 Å². The fourth-order valence-corrected chi connectivity index (χ4v) is 4.45. The molecule has 0 aromatic heterocycles. The molecule has 140 valence electrons. The van der Waals surface area contributed by atoms with Gasteiger partial charge in [0.15, 0.2) is 0 Å². The van der Waals surface area contributed by atoms with Crippen molar-refractivity contribution >= 4 is 15.9 Å². The average Bonchev–Trinajstić information content (AvgIpc) is 2.61. The van der Waals surface area contributed by atoms with Crippen molar-refractivity contribution in [2.45, 2.75) is 57.3 Å². The monoisotopic (exact) mass is 366 g/mol. The van der Waals surface area contributed by atoms with Gasteiger partial charge in [0.2, 0.25) is 15.9 Å². The molecule has 1 saturated heterocycles. The molecule has 1 heterocycles. The van der Waals surface area contributed by atoms with E-state index in [9.17, 15) is 13.2 Å². The Balaban J connectivity index is 1.86. The lowest BCUT2D eigenvalue weighted by Crippen LogP contribution is -2.35. The molecule has 25 heavy (non-hydrogen) atoms. The van der Waals surface area contributed by atoms with Crippen molar-refractivity contribution in [2.75, 3.05) is 19.6 Å². The summed E-state index contributed by atoms with van der Waals surface area (Å²) < 4.78 is 26.8. The first-order chi connectivity index (χ1) is 11.9. The third-order valence-corrected chi connectivity index (χ3v) is 6.47. The van der Waals surface area contributed by atoms with E-state index >= 15 is 0 Å². The lowest BCUT2D eigenvalue weighted by atomic mass is 10.1. The molecule has 2 rings (SSSR count). The van der Waals surface area contributed by atoms with Crippen LogP contribution in [0.1, 0.15) is 51.5 Å². The highest BCUT2D eigenvalue weighted by Gasteiger charge is 2.25. The zero-order valence-electron chi connectivity index (χ0n) is 15.3. The summed E-state index contributed by atoms with van der Waals surface area (Å²) in [7, 11) is -3.38. The Morgan fingerprint density at radius 2 is 1.76 bits per heavy atom. The van der Waals surface area contributed by atoms with E-state index in [0.717, 1.165) is 31.2 Å². The normalized spacial score (nSPS) is 16.1. The predicted molar refractivity (Wildman–Crippen MR) is 99.8 cm³/mol. The lowest BCUT2D eigenvalue weighted by Gasteiger charge is -2.25. The number of piperidine rings is 1. The first kappa shape index (κ1) is 19.9. The molecule has 1 fully saturated rings. The number of carbonyl (C=O) groups is 1. The van der Waals surface area contributed by atoms with Crippen LogP contribution in [0.2, 0.25) is 0 Å². The van der Waals surface area contributed by atoms with E-state index in [1.165, 1.54) is 0 Å². The van der Waals surface area contributed by atoms with Crippen LogP contribution in [-0.4, -0.2) is 38.3 Å². The van der Waals surface area contributed by atoms with Crippen LogP contribution in [-0.2, 0) is 21.2 Å². The SMILES string of the molecule is CC(C)CCNC(=O)CCc1ccc(S(=O)(=O)N2CCCCC2)cc1. The molecule has 1 N–H and O–H groups in total. The molecule has 1 aliphatic heterocycles. The van der Waals surface area contributed by atoms with Crippen LogP contribution < -0.4 is 5.32 Å². The summed E-state index contributed by atoms with van der Waals surface area (Å²) in [5.74, 6) is 0.625. The minimum atomic E-state index is -3.38. The van der Waals surface area contributed by atoms with Crippen LogP contribution >= 0.6 is 0 Å². The van der Waals surface area contributed by atoms with Crippen molar-refractivity contribution in [3.63, 3.8) is 0 Å². The second kappa shape index (κ2) is 9.34. The molecule has 5 nitrogen and oxygen atoms in total. The predicted octanol–water partition coefficient (Wildman–Crippen LogP) is 2.96. The first-order valence-electron chi connectivity index (χ1n) is 9.25. The largest absolute Gasteiger partial charge is 0.356 e. The number of hydrogen-bond donors (Lipinski definition) is 1.